The number of aromatic nitrogens is 2. The van der Waals surface area contributed by atoms with Crippen molar-refractivity contribution >= 4 is 17.2 Å². The van der Waals surface area contributed by atoms with Gasteiger partial charge in [-0.1, -0.05) is 12.2 Å². The van der Waals surface area contributed by atoms with E-state index in [0.29, 0.717) is 11.3 Å². The lowest BCUT2D eigenvalue weighted by molar-refractivity contribution is 0.452. The zero-order chi connectivity index (χ0) is 12.3. The third-order valence-corrected chi connectivity index (χ3v) is 2.20. The summed E-state index contributed by atoms with van der Waals surface area (Å²) in [7, 11) is 0. The highest BCUT2D eigenvalue weighted by atomic mass is 32.1. The van der Waals surface area contributed by atoms with Crippen molar-refractivity contribution in [3.05, 3.63) is 47.9 Å². The standard InChI is InChI=1S/C11H8FN3OS/c12-7-1-3-8(4-2-7)16-11-9(10(13)17)5-6-14-15-11/h1-6H,(H2,13,17). The number of hydrogen-bond acceptors (Lipinski definition) is 4. The van der Waals surface area contributed by atoms with E-state index in [-0.39, 0.29) is 16.7 Å². The molecule has 2 N–H and O–H groups in total. The summed E-state index contributed by atoms with van der Waals surface area (Å²) < 4.78 is 18.1. The van der Waals surface area contributed by atoms with E-state index < -0.39 is 0 Å². The van der Waals surface area contributed by atoms with E-state index in [1.54, 1.807) is 6.07 Å². The number of rotatable bonds is 3. The van der Waals surface area contributed by atoms with E-state index in [2.05, 4.69) is 10.2 Å². The molecule has 0 aliphatic rings. The van der Waals surface area contributed by atoms with Crippen LogP contribution in [0.1, 0.15) is 5.56 Å². The van der Waals surface area contributed by atoms with Crippen LogP contribution in [-0.2, 0) is 0 Å². The number of benzene rings is 1. The van der Waals surface area contributed by atoms with Gasteiger partial charge in [-0.2, -0.15) is 5.10 Å². The van der Waals surface area contributed by atoms with Crippen molar-refractivity contribution in [1.82, 2.24) is 10.2 Å². The molecule has 6 heteroatoms. The van der Waals surface area contributed by atoms with Crippen LogP contribution in [0.25, 0.3) is 0 Å². The van der Waals surface area contributed by atoms with Gasteiger partial charge in [-0.25, -0.2) is 4.39 Å². The fourth-order valence-electron chi connectivity index (χ4n) is 1.20. The van der Waals surface area contributed by atoms with Crippen molar-refractivity contribution < 1.29 is 9.13 Å². The Morgan fingerprint density at radius 2 is 1.94 bits per heavy atom. The molecule has 0 fully saturated rings. The second kappa shape index (κ2) is 4.84. The van der Waals surface area contributed by atoms with Gasteiger partial charge in [-0.3, -0.25) is 0 Å². The highest BCUT2D eigenvalue weighted by Gasteiger charge is 2.09. The molecule has 2 aromatic rings. The topological polar surface area (TPSA) is 61.0 Å². The van der Waals surface area contributed by atoms with Crippen molar-refractivity contribution in [2.75, 3.05) is 0 Å². The molecule has 0 amide bonds. The molecule has 0 atom stereocenters. The lowest BCUT2D eigenvalue weighted by atomic mass is 10.3. The predicted molar refractivity (Wildman–Crippen MR) is 64.4 cm³/mol. The van der Waals surface area contributed by atoms with Crippen LogP contribution >= 0.6 is 12.2 Å². The Balaban J connectivity index is 2.30. The van der Waals surface area contributed by atoms with Crippen LogP contribution < -0.4 is 10.5 Å². The zero-order valence-electron chi connectivity index (χ0n) is 8.63. The molecule has 1 aromatic carbocycles. The van der Waals surface area contributed by atoms with Gasteiger partial charge in [-0.15, -0.1) is 5.10 Å². The van der Waals surface area contributed by atoms with Gasteiger partial charge in [-0.05, 0) is 30.3 Å². The second-order valence-corrected chi connectivity index (χ2v) is 3.61. The maximum absolute atomic E-state index is 12.7. The summed E-state index contributed by atoms with van der Waals surface area (Å²) in [5, 5.41) is 7.46. The summed E-state index contributed by atoms with van der Waals surface area (Å²) in [4.78, 5) is 0.164. The van der Waals surface area contributed by atoms with E-state index >= 15 is 0 Å². The first-order chi connectivity index (χ1) is 8.16. The molecule has 0 saturated heterocycles. The fraction of sp³-hybridized carbons (Fsp3) is 0. The van der Waals surface area contributed by atoms with Crippen molar-refractivity contribution in [3.63, 3.8) is 0 Å². The predicted octanol–water partition coefficient (Wildman–Crippen LogP) is 2.04. The van der Waals surface area contributed by atoms with Crippen LogP contribution in [0.2, 0.25) is 0 Å². The lowest BCUT2D eigenvalue weighted by Crippen LogP contribution is -2.12. The third kappa shape index (κ3) is 2.73. The fourth-order valence-corrected chi connectivity index (χ4v) is 1.35. The van der Waals surface area contributed by atoms with Gasteiger partial charge in [0.05, 0.1) is 11.8 Å². The number of nitrogens with two attached hydrogens (primary N) is 1. The molecular formula is C11H8FN3OS. The Hall–Kier alpha value is -2.08. The summed E-state index contributed by atoms with van der Waals surface area (Å²) in [6.07, 6.45) is 1.46. The molecule has 0 aliphatic carbocycles. The molecule has 0 radical (unpaired) electrons. The minimum Gasteiger partial charge on any atom is -0.437 e. The largest absolute Gasteiger partial charge is 0.437 e. The normalized spacial score (nSPS) is 9.94. The Kier molecular flexibility index (Phi) is 3.24. The van der Waals surface area contributed by atoms with Crippen LogP contribution in [0.5, 0.6) is 11.6 Å². The highest BCUT2D eigenvalue weighted by molar-refractivity contribution is 7.80. The van der Waals surface area contributed by atoms with Gasteiger partial charge in [0.15, 0.2) is 0 Å². The zero-order valence-corrected chi connectivity index (χ0v) is 9.45. The molecule has 1 heterocycles. The Morgan fingerprint density at radius 3 is 2.59 bits per heavy atom. The Morgan fingerprint density at radius 1 is 1.24 bits per heavy atom. The van der Waals surface area contributed by atoms with E-state index in [0.717, 1.165) is 0 Å². The van der Waals surface area contributed by atoms with E-state index in [1.165, 1.54) is 30.5 Å². The second-order valence-electron chi connectivity index (χ2n) is 3.17. The van der Waals surface area contributed by atoms with Crippen LogP contribution in [0.4, 0.5) is 4.39 Å². The SMILES string of the molecule is NC(=S)c1ccnnc1Oc1ccc(F)cc1. The minimum absolute atomic E-state index is 0.164. The molecule has 2 rings (SSSR count). The number of ether oxygens (including phenoxy) is 1. The van der Waals surface area contributed by atoms with E-state index in [1.807, 2.05) is 0 Å². The lowest BCUT2D eigenvalue weighted by Gasteiger charge is -2.07. The molecular weight excluding hydrogens is 241 g/mol. The van der Waals surface area contributed by atoms with Gasteiger partial charge in [0.25, 0.3) is 0 Å². The number of halogens is 1. The quantitative estimate of drug-likeness (QED) is 0.843. The van der Waals surface area contributed by atoms with Gasteiger partial charge in [0, 0.05) is 0 Å². The van der Waals surface area contributed by atoms with Gasteiger partial charge in [0.2, 0.25) is 5.88 Å². The van der Waals surface area contributed by atoms with Crippen molar-refractivity contribution in [2.24, 2.45) is 5.73 Å². The summed E-state index contributed by atoms with van der Waals surface area (Å²) in [6, 6.07) is 7.13. The highest BCUT2D eigenvalue weighted by Crippen LogP contribution is 2.22. The smallest absolute Gasteiger partial charge is 0.249 e. The molecule has 1 aromatic heterocycles. The molecule has 0 unspecified atom stereocenters. The Labute approximate surface area is 102 Å². The molecule has 4 nitrogen and oxygen atoms in total. The average molecular weight is 249 g/mol. The van der Waals surface area contributed by atoms with Crippen molar-refractivity contribution in [2.45, 2.75) is 0 Å². The monoisotopic (exact) mass is 249 g/mol. The molecule has 0 spiro atoms. The van der Waals surface area contributed by atoms with E-state index in [4.69, 9.17) is 22.7 Å². The van der Waals surface area contributed by atoms with Crippen LogP contribution in [0, 0.1) is 5.82 Å². The minimum atomic E-state index is -0.342. The van der Waals surface area contributed by atoms with Crippen LogP contribution in [0.15, 0.2) is 36.5 Å². The summed E-state index contributed by atoms with van der Waals surface area (Å²) in [5.41, 5.74) is 6.00. The molecule has 0 saturated carbocycles. The average Bonchev–Trinajstić information content (AvgIpc) is 2.32. The first kappa shape index (κ1) is 11.4. The van der Waals surface area contributed by atoms with Gasteiger partial charge < -0.3 is 10.5 Å². The number of thiocarbonyl (C=S) groups is 1. The molecule has 17 heavy (non-hydrogen) atoms. The van der Waals surface area contributed by atoms with Crippen LogP contribution in [-0.4, -0.2) is 15.2 Å². The number of nitrogens with zero attached hydrogens (tertiary/aromatic N) is 2. The summed E-state index contributed by atoms with van der Waals surface area (Å²) >= 11 is 4.86. The van der Waals surface area contributed by atoms with Gasteiger partial charge in [0.1, 0.15) is 16.6 Å². The van der Waals surface area contributed by atoms with Crippen molar-refractivity contribution in [3.8, 4) is 11.6 Å². The first-order valence-corrected chi connectivity index (χ1v) is 5.12. The molecule has 86 valence electrons. The van der Waals surface area contributed by atoms with Crippen molar-refractivity contribution in [1.29, 1.82) is 0 Å². The molecule has 0 aliphatic heterocycles. The summed E-state index contributed by atoms with van der Waals surface area (Å²) in [6.45, 7) is 0. The molecule has 0 bridgehead atoms. The van der Waals surface area contributed by atoms with Gasteiger partial charge >= 0.3 is 0 Å². The first-order valence-electron chi connectivity index (χ1n) is 4.72. The number of hydrogen-bond donors (Lipinski definition) is 1. The maximum Gasteiger partial charge on any atom is 0.249 e. The maximum atomic E-state index is 12.7. The van der Waals surface area contributed by atoms with E-state index in [9.17, 15) is 4.39 Å². The third-order valence-electron chi connectivity index (χ3n) is 1.98. The summed E-state index contributed by atoms with van der Waals surface area (Å²) in [5.74, 6) is 0.294. The Bertz CT molecular complexity index is 545. The van der Waals surface area contributed by atoms with Crippen LogP contribution in [0.3, 0.4) is 0 Å².